The van der Waals surface area contributed by atoms with Crippen LogP contribution in [-0.2, 0) is 31.1 Å². The summed E-state index contributed by atoms with van der Waals surface area (Å²) >= 11 is -2.30. The zero-order chi connectivity index (χ0) is 20.0. The molecule has 4 aliphatic rings. The van der Waals surface area contributed by atoms with E-state index in [1.807, 2.05) is 0 Å². The third-order valence-electron chi connectivity index (χ3n) is 8.73. The molecule has 1 heterocycles. The molecule has 0 bridgehead atoms. The van der Waals surface area contributed by atoms with Gasteiger partial charge in [0.2, 0.25) is 0 Å². The minimum Gasteiger partial charge on any atom is -1.00 e. The van der Waals surface area contributed by atoms with Gasteiger partial charge in [-0.2, -0.15) is 0 Å². The molecule has 1 fully saturated rings. The third-order valence-corrected chi connectivity index (χ3v) is 21.4. The number of hydrogen-bond donors (Lipinski definition) is 0. The SMILES string of the molecule is CC1(C)CCC(C)(C)c2cc3c(cc21)C=C[CH]3[Zr+2]1([CH]2C=Cc3ccccc32)[CH2][CH2]1.[Cl-].[Cl-]. The molecule has 6 rings (SSSR count). The van der Waals surface area contributed by atoms with Crippen LogP contribution in [0.1, 0.15) is 81.2 Å². The summed E-state index contributed by atoms with van der Waals surface area (Å²) < 4.78 is 4.66. The first kappa shape index (κ1) is 23.5. The Morgan fingerprint density at radius 3 is 1.90 bits per heavy atom. The van der Waals surface area contributed by atoms with Gasteiger partial charge in [-0.15, -0.1) is 0 Å². The summed E-state index contributed by atoms with van der Waals surface area (Å²) in [6, 6.07) is 14.4. The van der Waals surface area contributed by atoms with Gasteiger partial charge in [0.15, 0.2) is 0 Å². The van der Waals surface area contributed by atoms with Crippen molar-refractivity contribution in [3.05, 3.63) is 81.9 Å². The topological polar surface area (TPSA) is 0 Å². The minimum atomic E-state index is -2.30. The van der Waals surface area contributed by atoms with Crippen LogP contribution in [0.15, 0.2) is 48.6 Å². The quantitative estimate of drug-likeness (QED) is 0.557. The van der Waals surface area contributed by atoms with Crippen LogP contribution in [0.25, 0.3) is 12.2 Å². The monoisotopic (exact) mass is 528 g/mol. The van der Waals surface area contributed by atoms with Crippen molar-refractivity contribution < 1.29 is 45.1 Å². The molecular formula is C28H32Cl2Zr. The molecule has 2 unspecified atom stereocenters. The summed E-state index contributed by atoms with van der Waals surface area (Å²) in [7, 11) is 0. The summed E-state index contributed by atoms with van der Waals surface area (Å²) in [5, 5.41) is 0. The van der Waals surface area contributed by atoms with Crippen molar-refractivity contribution in [1.29, 1.82) is 0 Å². The average Bonchev–Trinajstić information content (AvgIpc) is 3.19. The number of fused-ring (bicyclic) bond motifs is 3. The summed E-state index contributed by atoms with van der Waals surface area (Å²) in [6.07, 6.45) is 12.7. The first-order valence-electron chi connectivity index (χ1n) is 11.5. The second-order valence-electron chi connectivity index (χ2n) is 11.3. The van der Waals surface area contributed by atoms with Gasteiger partial charge in [-0.3, -0.25) is 0 Å². The van der Waals surface area contributed by atoms with Gasteiger partial charge in [-0.25, -0.2) is 0 Å². The largest absolute Gasteiger partial charge is 1.00 e. The molecule has 3 heteroatoms. The van der Waals surface area contributed by atoms with Crippen LogP contribution in [0, 0.1) is 0 Å². The van der Waals surface area contributed by atoms with Crippen LogP contribution < -0.4 is 24.8 Å². The van der Waals surface area contributed by atoms with E-state index in [9.17, 15) is 0 Å². The standard InChI is InChI=1S/C17H21.C9H7.C2H4.2ClH.Zr/c1-16(2)8-9-17(3,4)15-11-13-7-5-6-12(13)10-14(15)16;1-2-5-9-7-3-6-8(9)4-1;1-2;;;/h5-7,10-11H,8-9H2,1-4H3;1-7H;1-2H2;2*1H;/q;;;;;+2/p-2. The molecule has 2 atom stereocenters. The minimum absolute atomic E-state index is 0. The van der Waals surface area contributed by atoms with Crippen molar-refractivity contribution in [1.82, 2.24) is 0 Å². The number of rotatable bonds is 2. The van der Waals surface area contributed by atoms with Gasteiger partial charge in [0, 0.05) is 0 Å². The van der Waals surface area contributed by atoms with Crippen molar-refractivity contribution >= 4 is 12.2 Å². The van der Waals surface area contributed by atoms with E-state index >= 15 is 0 Å². The van der Waals surface area contributed by atoms with Crippen molar-refractivity contribution in [2.45, 2.75) is 66.9 Å². The Morgan fingerprint density at radius 1 is 0.710 bits per heavy atom. The van der Waals surface area contributed by atoms with Crippen molar-refractivity contribution in [3.8, 4) is 0 Å². The van der Waals surface area contributed by atoms with Gasteiger partial charge in [0.25, 0.3) is 0 Å². The molecule has 2 aromatic rings. The number of benzene rings is 2. The third kappa shape index (κ3) is 3.41. The van der Waals surface area contributed by atoms with Gasteiger partial charge in [0.1, 0.15) is 0 Å². The van der Waals surface area contributed by atoms with Crippen LogP contribution in [0.4, 0.5) is 0 Å². The fourth-order valence-corrected chi connectivity index (χ4v) is 22.2. The Morgan fingerprint density at radius 2 is 1.26 bits per heavy atom. The normalized spacial score (nSPS) is 25.8. The first-order chi connectivity index (χ1) is 13.8. The second-order valence-corrected chi connectivity index (χ2v) is 22.9. The van der Waals surface area contributed by atoms with E-state index in [1.54, 1.807) is 30.5 Å². The maximum Gasteiger partial charge on any atom is -1.00 e. The van der Waals surface area contributed by atoms with E-state index in [-0.39, 0.29) is 24.8 Å². The van der Waals surface area contributed by atoms with Gasteiger partial charge in [-0.05, 0) is 0 Å². The molecule has 0 spiro atoms. The van der Waals surface area contributed by atoms with Gasteiger partial charge >= 0.3 is 181 Å². The van der Waals surface area contributed by atoms with E-state index in [2.05, 4.69) is 88.4 Å². The van der Waals surface area contributed by atoms with E-state index in [1.165, 1.54) is 24.0 Å². The van der Waals surface area contributed by atoms with E-state index in [4.69, 9.17) is 0 Å². The van der Waals surface area contributed by atoms with Crippen LogP contribution in [0.5, 0.6) is 0 Å². The summed E-state index contributed by atoms with van der Waals surface area (Å²) in [5.74, 6) is 0. The summed E-state index contributed by atoms with van der Waals surface area (Å²) in [5.41, 5.74) is 10.2. The Hall–Kier alpha value is -0.617. The number of halogens is 2. The van der Waals surface area contributed by atoms with Crippen LogP contribution >= 0.6 is 0 Å². The molecule has 0 amide bonds. The van der Waals surface area contributed by atoms with Gasteiger partial charge < -0.3 is 24.8 Å². The maximum absolute atomic E-state index is 2.68. The summed E-state index contributed by atoms with van der Waals surface area (Å²) in [6.45, 7) is 9.84. The Bertz CT molecular complexity index is 1090. The zero-order valence-electron chi connectivity index (χ0n) is 19.0. The van der Waals surface area contributed by atoms with E-state index < -0.39 is 20.3 Å². The fourth-order valence-electron chi connectivity index (χ4n) is 6.58. The summed E-state index contributed by atoms with van der Waals surface area (Å²) in [4.78, 5) is 0. The van der Waals surface area contributed by atoms with E-state index in [0.717, 1.165) is 7.25 Å². The van der Waals surface area contributed by atoms with Crippen molar-refractivity contribution in [2.24, 2.45) is 0 Å². The average molecular weight is 531 g/mol. The molecule has 2 aromatic carbocycles. The van der Waals surface area contributed by atoms with Crippen LogP contribution in [0.2, 0.25) is 8.26 Å². The van der Waals surface area contributed by atoms with Crippen molar-refractivity contribution in [3.63, 3.8) is 0 Å². The molecule has 1 saturated heterocycles. The maximum atomic E-state index is 2.68. The predicted molar refractivity (Wildman–Crippen MR) is 121 cm³/mol. The molecule has 3 aliphatic carbocycles. The number of hydrogen-bond acceptors (Lipinski definition) is 0. The zero-order valence-corrected chi connectivity index (χ0v) is 23.0. The predicted octanol–water partition coefficient (Wildman–Crippen LogP) is 1.88. The van der Waals surface area contributed by atoms with Crippen LogP contribution in [-0.4, -0.2) is 0 Å². The Labute approximate surface area is 204 Å². The molecule has 0 radical (unpaired) electrons. The van der Waals surface area contributed by atoms with E-state index in [0.29, 0.717) is 10.8 Å². The molecule has 0 aromatic heterocycles. The molecule has 31 heavy (non-hydrogen) atoms. The Balaban J connectivity index is 0.00000116. The first-order valence-corrected chi connectivity index (χ1v) is 17.8. The smallest absolute Gasteiger partial charge is 1.00 e. The molecule has 1 aliphatic heterocycles. The number of allylic oxidation sites excluding steroid dienone is 2. The van der Waals surface area contributed by atoms with Gasteiger partial charge in [-0.1, -0.05) is 0 Å². The van der Waals surface area contributed by atoms with Gasteiger partial charge in [0.05, 0.1) is 0 Å². The Kier molecular flexibility index (Phi) is 5.86. The molecule has 0 N–H and O–H groups in total. The fraction of sp³-hybridized carbons (Fsp3) is 0.429. The van der Waals surface area contributed by atoms with Crippen molar-refractivity contribution in [2.75, 3.05) is 0 Å². The molecule has 162 valence electrons. The molecular weight excluding hydrogens is 498 g/mol. The molecule has 0 nitrogen and oxygen atoms in total. The molecule has 0 saturated carbocycles. The van der Waals surface area contributed by atoms with Crippen LogP contribution in [0.3, 0.4) is 0 Å². The second kappa shape index (κ2) is 7.72.